The fraction of sp³-hybridized carbons (Fsp3) is 0.200. The van der Waals surface area contributed by atoms with Crippen molar-refractivity contribution in [2.24, 2.45) is 0 Å². The monoisotopic (exact) mass is 219 g/mol. The molecule has 0 saturated heterocycles. The third-order valence-corrected chi connectivity index (χ3v) is 2.03. The second-order valence-corrected chi connectivity index (χ2v) is 2.52. The van der Waals surface area contributed by atoms with Gasteiger partial charge in [-0.2, -0.15) is 0 Å². The molecule has 0 amide bonds. The number of hydrogen-bond donors (Lipinski definition) is 1. The number of aryl methyl sites for hydroxylation is 1. The van der Waals surface area contributed by atoms with Gasteiger partial charge in [-0.3, -0.25) is 0 Å². The fourth-order valence-electron chi connectivity index (χ4n) is 0.630. The topological polar surface area (TPSA) is 15.8 Å². The second kappa shape index (κ2) is 2.57. The molecule has 1 N–H and O–H groups in total. The summed E-state index contributed by atoms with van der Waals surface area (Å²) >= 11 is 2.36. The first-order valence-corrected chi connectivity index (χ1v) is 4.06. The molecule has 1 heterocycles. The zero-order valence-electron chi connectivity index (χ0n) is 4.74. The first-order valence-electron chi connectivity index (χ1n) is 2.53. The van der Waals surface area contributed by atoms with Crippen LogP contribution in [-0.2, 0) is 0 Å². The molecule has 0 atom stereocenters. The molecule has 0 spiro atoms. The van der Waals surface area contributed by atoms with Crippen molar-refractivity contribution in [3.8, 4) is 0 Å². The average molecular weight is 219 g/mol. The van der Waals surface area contributed by atoms with Gasteiger partial charge in [0.25, 0.3) is 0 Å². The summed E-state index contributed by atoms with van der Waals surface area (Å²) < 4.78 is 0. The van der Waals surface area contributed by atoms with Gasteiger partial charge in [0.1, 0.15) is 0 Å². The summed E-state index contributed by atoms with van der Waals surface area (Å²) in [6.45, 7) is 2.09. The zero-order chi connectivity index (χ0) is 5.98. The van der Waals surface area contributed by atoms with Crippen molar-refractivity contribution in [3.63, 3.8) is 0 Å². The Hall–Kier alpha value is 0.0749. The normalized spacial score (nSPS) is 9.25. The first kappa shape index (κ1) is 6.20. The minimum absolute atomic E-state index is 1.10. The van der Waals surface area contributed by atoms with Crippen LogP contribution in [0.5, 0.6) is 0 Å². The number of aromatic amines is 1. The number of hydrogen-bond acceptors (Lipinski definition) is 0. The van der Waals surface area contributed by atoms with Crippen LogP contribution >= 0.6 is 22.4 Å². The molecule has 0 radical (unpaired) electrons. The van der Waals surface area contributed by atoms with Crippen molar-refractivity contribution >= 4 is 33.0 Å². The Morgan fingerprint density at radius 2 is 2.50 bits per heavy atom. The van der Waals surface area contributed by atoms with E-state index in [1.807, 2.05) is 6.20 Å². The van der Waals surface area contributed by atoms with Gasteiger partial charge in [0.15, 0.2) is 0 Å². The van der Waals surface area contributed by atoms with Gasteiger partial charge in [0.05, 0.1) is 0 Å². The molecule has 8 heavy (non-hydrogen) atoms. The van der Waals surface area contributed by atoms with Gasteiger partial charge in [-0.15, -0.1) is 22.4 Å². The molecule has 1 aromatic heterocycles. The predicted octanol–water partition coefficient (Wildman–Crippen LogP) is 0.735. The van der Waals surface area contributed by atoms with Crippen LogP contribution in [0, 0.1) is 6.92 Å². The van der Waals surface area contributed by atoms with E-state index in [1.165, 1.54) is 11.2 Å². The van der Waals surface area contributed by atoms with E-state index >= 15 is 0 Å². The van der Waals surface area contributed by atoms with Crippen molar-refractivity contribution in [2.45, 2.75) is 6.92 Å². The lowest BCUT2D eigenvalue weighted by molar-refractivity contribution is 1.28. The van der Waals surface area contributed by atoms with Gasteiger partial charge in [-0.1, -0.05) is 5.46 Å². The van der Waals surface area contributed by atoms with Gasteiger partial charge in [-0.05, 0) is 13.0 Å². The maximum atomic E-state index is 3.11. The van der Waals surface area contributed by atoms with E-state index in [0.29, 0.717) is 0 Å². The molecule has 3 heteroatoms. The molecule has 1 rings (SSSR count). The summed E-state index contributed by atoms with van der Waals surface area (Å²) in [6, 6.07) is 2.11. The second-order valence-electron chi connectivity index (χ2n) is 1.76. The summed E-state index contributed by atoms with van der Waals surface area (Å²) in [5.41, 5.74) is 2.70. The van der Waals surface area contributed by atoms with Gasteiger partial charge in [0.2, 0.25) is 5.14 Å². The van der Waals surface area contributed by atoms with Crippen LogP contribution in [0.4, 0.5) is 0 Å². The standard InChI is InChI=1S/C5H7BIN/c1-4-5(6-7)2-3-8-4/h2-3,6,8H,1H3. The van der Waals surface area contributed by atoms with Crippen LogP contribution < -0.4 is 5.46 Å². The highest BCUT2D eigenvalue weighted by Gasteiger charge is 1.94. The fourth-order valence-corrected chi connectivity index (χ4v) is 1.46. The molecule has 0 saturated carbocycles. The average Bonchev–Trinajstić information content (AvgIpc) is 2.14. The van der Waals surface area contributed by atoms with Crippen LogP contribution in [0.25, 0.3) is 0 Å². The lowest BCUT2D eigenvalue weighted by Crippen LogP contribution is -2.07. The van der Waals surface area contributed by atoms with Crippen LogP contribution in [0.2, 0.25) is 0 Å². The highest BCUT2D eigenvalue weighted by atomic mass is 127. The molecule has 0 aromatic carbocycles. The third-order valence-electron chi connectivity index (χ3n) is 1.21. The van der Waals surface area contributed by atoms with Crippen molar-refractivity contribution in [1.29, 1.82) is 0 Å². The zero-order valence-corrected chi connectivity index (χ0v) is 6.90. The Kier molecular flexibility index (Phi) is 1.99. The third kappa shape index (κ3) is 1.07. The molecule has 0 aliphatic heterocycles. The highest BCUT2D eigenvalue weighted by Crippen LogP contribution is 1.88. The van der Waals surface area contributed by atoms with Crippen LogP contribution in [0.15, 0.2) is 12.3 Å². The van der Waals surface area contributed by atoms with Gasteiger partial charge < -0.3 is 4.98 Å². The quantitative estimate of drug-likeness (QED) is 0.529. The highest BCUT2D eigenvalue weighted by molar-refractivity contribution is 14.1. The van der Waals surface area contributed by atoms with Crippen molar-refractivity contribution in [3.05, 3.63) is 18.0 Å². The minimum Gasteiger partial charge on any atom is -0.366 e. The van der Waals surface area contributed by atoms with Crippen molar-refractivity contribution in [1.82, 2.24) is 4.98 Å². The van der Waals surface area contributed by atoms with E-state index in [2.05, 4.69) is 40.3 Å². The molecule has 0 fully saturated rings. The first-order chi connectivity index (χ1) is 3.84. The summed E-state index contributed by atoms with van der Waals surface area (Å²) in [5, 5.41) is 1.10. The molecular formula is C5H7BIN. The Morgan fingerprint density at radius 3 is 2.75 bits per heavy atom. The van der Waals surface area contributed by atoms with Crippen LogP contribution in [-0.4, -0.2) is 10.1 Å². The Morgan fingerprint density at radius 1 is 1.75 bits per heavy atom. The summed E-state index contributed by atoms with van der Waals surface area (Å²) in [4.78, 5) is 3.11. The smallest absolute Gasteiger partial charge is 0.235 e. The van der Waals surface area contributed by atoms with Crippen molar-refractivity contribution in [2.75, 3.05) is 0 Å². The summed E-state index contributed by atoms with van der Waals surface area (Å²) in [5.74, 6) is 0. The lowest BCUT2D eigenvalue weighted by Gasteiger charge is -1.85. The molecule has 42 valence electrons. The van der Waals surface area contributed by atoms with Gasteiger partial charge in [0, 0.05) is 11.9 Å². The maximum Gasteiger partial charge on any atom is 0.235 e. The molecule has 0 aliphatic carbocycles. The van der Waals surface area contributed by atoms with Crippen LogP contribution in [0.1, 0.15) is 5.69 Å². The van der Waals surface area contributed by atoms with Gasteiger partial charge >= 0.3 is 0 Å². The predicted molar refractivity (Wildman–Crippen MR) is 46.3 cm³/mol. The maximum absolute atomic E-state index is 3.11. The summed E-state index contributed by atoms with van der Waals surface area (Å²) in [6.07, 6.45) is 1.98. The van der Waals surface area contributed by atoms with E-state index in [9.17, 15) is 0 Å². The van der Waals surface area contributed by atoms with Crippen LogP contribution in [0.3, 0.4) is 0 Å². The number of rotatable bonds is 1. The number of aromatic nitrogens is 1. The SMILES string of the molecule is Cc1[nH]ccc1BI. The molecule has 1 aromatic rings. The Labute approximate surface area is 63.0 Å². The molecule has 0 bridgehead atoms. The number of H-pyrrole nitrogens is 1. The van der Waals surface area contributed by atoms with E-state index in [0.717, 1.165) is 5.14 Å². The minimum atomic E-state index is 1.10. The van der Waals surface area contributed by atoms with E-state index in [-0.39, 0.29) is 0 Å². The van der Waals surface area contributed by atoms with Crippen molar-refractivity contribution < 1.29 is 0 Å². The Bertz CT molecular complexity index is 173. The summed E-state index contributed by atoms with van der Waals surface area (Å²) in [7, 11) is 0. The van der Waals surface area contributed by atoms with E-state index in [4.69, 9.17) is 0 Å². The molecule has 1 nitrogen and oxygen atoms in total. The van der Waals surface area contributed by atoms with E-state index in [1.54, 1.807) is 0 Å². The largest absolute Gasteiger partial charge is 0.366 e. The molecule has 0 aliphatic rings. The van der Waals surface area contributed by atoms with Gasteiger partial charge in [-0.25, -0.2) is 0 Å². The lowest BCUT2D eigenvalue weighted by atomic mass is 9.97. The number of halogens is 1. The Balaban J connectivity index is 2.92. The van der Waals surface area contributed by atoms with E-state index < -0.39 is 0 Å². The molecular weight excluding hydrogens is 212 g/mol. The number of nitrogens with one attached hydrogen (secondary N) is 1. The molecule has 0 unspecified atom stereocenters.